The first-order valence-corrected chi connectivity index (χ1v) is 4.95. The molecular weight excluding hydrogens is 132 g/mol. The molecule has 2 bridgehead atoms. The van der Waals surface area contributed by atoms with E-state index < -0.39 is 0 Å². The van der Waals surface area contributed by atoms with Gasteiger partial charge in [-0.25, -0.2) is 0 Å². The highest BCUT2D eigenvalue weighted by atomic mass is 14.3. The number of fused-ring (bicyclic) bond motifs is 2. The Morgan fingerprint density at radius 3 is 2.64 bits per heavy atom. The first-order valence-electron chi connectivity index (χ1n) is 4.95. The van der Waals surface area contributed by atoms with Gasteiger partial charge < -0.3 is 0 Å². The summed E-state index contributed by atoms with van der Waals surface area (Å²) in [5.41, 5.74) is 3.67. The predicted molar refractivity (Wildman–Crippen MR) is 48.4 cm³/mol. The topological polar surface area (TPSA) is 0 Å². The van der Waals surface area contributed by atoms with E-state index in [-0.39, 0.29) is 0 Å². The van der Waals surface area contributed by atoms with Crippen LogP contribution in [0.3, 0.4) is 0 Å². The van der Waals surface area contributed by atoms with Crippen LogP contribution in [0.2, 0.25) is 0 Å². The molecule has 0 radical (unpaired) electrons. The molecule has 0 N–H and O–H groups in total. The summed E-state index contributed by atoms with van der Waals surface area (Å²) in [6, 6.07) is 0. The second-order valence-corrected chi connectivity index (χ2v) is 4.62. The molecule has 1 saturated carbocycles. The smallest absolute Gasteiger partial charge is 0.0286 e. The van der Waals surface area contributed by atoms with Crippen LogP contribution in [0.25, 0.3) is 0 Å². The molecule has 0 heteroatoms. The normalized spacial score (nSPS) is 29.2. The minimum atomic E-state index is 0.872. The van der Waals surface area contributed by atoms with E-state index in [4.69, 9.17) is 0 Å². The molecule has 1 fully saturated rings. The lowest BCUT2D eigenvalue weighted by molar-refractivity contribution is 0.531. The van der Waals surface area contributed by atoms with Crippen LogP contribution in [0.1, 0.15) is 46.0 Å². The summed E-state index contributed by atoms with van der Waals surface area (Å²) in [5, 5.41) is 0. The molecule has 0 heterocycles. The third kappa shape index (κ3) is 1.36. The van der Waals surface area contributed by atoms with Crippen molar-refractivity contribution in [2.24, 2.45) is 11.8 Å². The van der Waals surface area contributed by atoms with Gasteiger partial charge in [-0.3, -0.25) is 0 Å². The van der Waals surface area contributed by atoms with Crippen LogP contribution in [0, 0.1) is 11.8 Å². The van der Waals surface area contributed by atoms with Crippen molar-refractivity contribution >= 4 is 0 Å². The van der Waals surface area contributed by atoms with Crippen LogP contribution in [0.15, 0.2) is 11.1 Å². The first-order chi connectivity index (χ1) is 5.25. The third-order valence-electron chi connectivity index (χ3n) is 3.08. The zero-order valence-corrected chi connectivity index (χ0v) is 7.69. The lowest BCUT2D eigenvalue weighted by Crippen LogP contribution is -1.97. The Hall–Kier alpha value is -0.260. The Morgan fingerprint density at radius 1 is 1.36 bits per heavy atom. The van der Waals surface area contributed by atoms with E-state index in [1.807, 2.05) is 11.1 Å². The molecule has 0 spiro atoms. The zero-order chi connectivity index (χ0) is 7.84. The van der Waals surface area contributed by atoms with E-state index in [1.165, 1.54) is 32.1 Å². The average molecular weight is 150 g/mol. The molecule has 1 unspecified atom stereocenters. The molecule has 1 atom stereocenters. The Bertz CT molecular complexity index is 186. The summed E-state index contributed by atoms with van der Waals surface area (Å²) in [6.45, 7) is 4.67. The number of rotatable bonds is 2. The van der Waals surface area contributed by atoms with Gasteiger partial charge in [-0.1, -0.05) is 25.0 Å². The molecule has 2 aliphatic carbocycles. The molecular formula is C11H18. The van der Waals surface area contributed by atoms with Gasteiger partial charge >= 0.3 is 0 Å². The van der Waals surface area contributed by atoms with Gasteiger partial charge in [0.15, 0.2) is 0 Å². The maximum atomic E-state index is 2.33. The number of hydrogen-bond acceptors (Lipinski definition) is 0. The van der Waals surface area contributed by atoms with Crippen molar-refractivity contribution in [2.75, 3.05) is 0 Å². The van der Waals surface area contributed by atoms with E-state index in [1.54, 1.807) is 0 Å². The standard InChI is InChI=1S/C11H18/c1-8(2)5-11-7-9-3-4-10(11)6-9/h8-9H,3-7H2,1-2H3. The van der Waals surface area contributed by atoms with Crippen molar-refractivity contribution in [3.05, 3.63) is 11.1 Å². The van der Waals surface area contributed by atoms with Gasteiger partial charge in [0.1, 0.15) is 0 Å². The van der Waals surface area contributed by atoms with E-state index in [0.717, 1.165) is 11.8 Å². The van der Waals surface area contributed by atoms with Crippen LogP contribution >= 0.6 is 0 Å². The summed E-state index contributed by atoms with van der Waals surface area (Å²) in [7, 11) is 0. The lowest BCUT2D eigenvalue weighted by atomic mass is 9.93. The van der Waals surface area contributed by atoms with Gasteiger partial charge in [0.2, 0.25) is 0 Å². The van der Waals surface area contributed by atoms with E-state index in [0.29, 0.717) is 0 Å². The van der Waals surface area contributed by atoms with Gasteiger partial charge in [0.05, 0.1) is 0 Å². The van der Waals surface area contributed by atoms with Crippen LogP contribution in [0.5, 0.6) is 0 Å². The molecule has 2 rings (SSSR count). The third-order valence-corrected chi connectivity index (χ3v) is 3.08. The second-order valence-electron chi connectivity index (χ2n) is 4.62. The van der Waals surface area contributed by atoms with Crippen LogP contribution in [-0.4, -0.2) is 0 Å². The van der Waals surface area contributed by atoms with Gasteiger partial charge in [0.25, 0.3) is 0 Å². The minimum Gasteiger partial charge on any atom is -0.0707 e. The van der Waals surface area contributed by atoms with E-state index in [9.17, 15) is 0 Å². The van der Waals surface area contributed by atoms with Crippen LogP contribution in [-0.2, 0) is 0 Å². The Balaban J connectivity index is 2.04. The quantitative estimate of drug-likeness (QED) is 0.528. The molecule has 0 aromatic heterocycles. The van der Waals surface area contributed by atoms with E-state index >= 15 is 0 Å². The van der Waals surface area contributed by atoms with E-state index in [2.05, 4.69) is 13.8 Å². The SMILES string of the molecule is CC(C)CC1=C2CCC(C2)C1. The van der Waals surface area contributed by atoms with Crippen molar-refractivity contribution < 1.29 is 0 Å². The van der Waals surface area contributed by atoms with Crippen molar-refractivity contribution in [1.29, 1.82) is 0 Å². The van der Waals surface area contributed by atoms with Gasteiger partial charge in [-0.05, 0) is 43.9 Å². The fraction of sp³-hybridized carbons (Fsp3) is 0.818. The summed E-state index contributed by atoms with van der Waals surface area (Å²) >= 11 is 0. The molecule has 0 aliphatic heterocycles. The number of allylic oxidation sites excluding steroid dienone is 2. The molecule has 0 aromatic rings. The minimum absolute atomic E-state index is 0.872. The maximum absolute atomic E-state index is 2.33. The summed E-state index contributed by atoms with van der Waals surface area (Å²) in [6.07, 6.45) is 7.23. The van der Waals surface area contributed by atoms with Crippen molar-refractivity contribution in [2.45, 2.75) is 46.0 Å². The Labute approximate surface area is 69.7 Å². The van der Waals surface area contributed by atoms with Crippen LogP contribution in [0.4, 0.5) is 0 Å². The summed E-state index contributed by atoms with van der Waals surface area (Å²) in [4.78, 5) is 0. The van der Waals surface area contributed by atoms with Crippen LogP contribution < -0.4 is 0 Å². The molecule has 0 amide bonds. The molecule has 62 valence electrons. The molecule has 2 aliphatic rings. The number of hydrogen-bond donors (Lipinski definition) is 0. The highest BCUT2D eigenvalue weighted by molar-refractivity contribution is 5.25. The Morgan fingerprint density at radius 2 is 2.18 bits per heavy atom. The highest BCUT2D eigenvalue weighted by Gasteiger charge is 2.29. The molecule has 0 nitrogen and oxygen atoms in total. The highest BCUT2D eigenvalue weighted by Crippen LogP contribution is 2.45. The summed E-state index contributed by atoms with van der Waals surface area (Å²) in [5.74, 6) is 1.94. The second kappa shape index (κ2) is 2.66. The van der Waals surface area contributed by atoms with Crippen molar-refractivity contribution in [1.82, 2.24) is 0 Å². The molecule has 0 aromatic carbocycles. The van der Waals surface area contributed by atoms with Gasteiger partial charge in [-0.2, -0.15) is 0 Å². The van der Waals surface area contributed by atoms with Crippen molar-refractivity contribution in [3.63, 3.8) is 0 Å². The Kier molecular flexibility index (Phi) is 1.78. The fourth-order valence-electron chi connectivity index (χ4n) is 2.64. The average Bonchev–Trinajstić information content (AvgIpc) is 2.45. The monoisotopic (exact) mass is 150 g/mol. The van der Waals surface area contributed by atoms with Gasteiger partial charge in [0, 0.05) is 0 Å². The predicted octanol–water partition coefficient (Wildman–Crippen LogP) is 3.53. The van der Waals surface area contributed by atoms with Crippen molar-refractivity contribution in [3.8, 4) is 0 Å². The van der Waals surface area contributed by atoms with Gasteiger partial charge in [-0.15, -0.1) is 0 Å². The first kappa shape index (κ1) is 7.39. The largest absolute Gasteiger partial charge is 0.0707 e. The summed E-state index contributed by atoms with van der Waals surface area (Å²) < 4.78 is 0. The fourth-order valence-corrected chi connectivity index (χ4v) is 2.64. The molecule has 11 heavy (non-hydrogen) atoms. The zero-order valence-electron chi connectivity index (χ0n) is 7.69. The maximum Gasteiger partial charge on any atom is -0.0286 e. The molecule has 0 saturated heterocycles. The lowest BCUT2D eigenvalue weighted by Gasteiger charge is -2.13.